The number of carbonyl (C=O) groups is 1. The predicted octanol–water partition coefficient (Wildman–Crippen LogP) is 3.75. The van der Waals surface area contributed by atoms with Crippen LogP contribution in [0.3, 0.4) is 0 Å². The van der Waals surface area contributed by atoms with Gasteiger partial charge in [-0.3, -0.25) is 14.5 Å². The van der Waals surface area contributed by atoms with E-state index in [0.717, 1.165) is 17.8 Å². The largest absolute Gasteiger partial charge is 0.495 e. The first kappa shape index (κ1) is 20.4. The number of carbonyl (C=O) groups excluding carboxylic acids is 1. The average molecular weight is 426 g/mol. The first-order chi connectivity index (χ1) is 14.5. The quantitative estimate of drug-likeness (QED) is 0.652. The Hall–Kier alpha value is -2.83. The molecule has 0 saturated carbocycles. The van der Waals surface area contributed by atoms with Gasteiger partial charge in [-0.15, -0.1) is 0 Å². The molecule has 1 aliphatic heterocycles. The fourth-order valence-corrected chi connectivity index (χ4v) is 4.15. The number of hydrogen-bond donors (Lipinski definition) is 2. The highest BCUT2D eigenvalue weighted by atomic mass is 35.5. The zero-order valence-corrected chi connectivity index (χ0v) is 17.8. The van der Waals surface area contributed by atoms with Gasteiger partial charge in [-0.05, 0) is 36.2 Å². The number of H-pyrrole nitrogens is 1. The zero-order valence-electron chi connectivity index (χ0n) is 17.0. The molecule has 0 bridgehead atoms. The summed E-state index contributed by atoms with van der Waals surface area (Å²) in [4.78, 5) is 31.0. The lowest BCUT2D eigenvalue weighted by Crippen LogP contribution is -2.39. The number of nitrogens with one attached hydrogen (secondary N) is 2. The zero-order chi connectivity index (χ0) is 21.3. The Bertz CT molecular complexity index is 1160. The van der Waals surface area contributed by atoms with Crippen LogP contribution in [0.4, 0.5) is 5.69 Å². The molecule has 1 aliphatic rings. The van der Waals surface area contributed by atoms with E-state index in [-0.39, 0.29) is 17.9 Å². The molecular formula is C23H24ClN3O3. The van der Waals surface area contributed by atoms with Gasteiger partial charge in [0.1, 0.15) is 5.75 Å². The number of amides is 1. The summed E-state index contributed by atoms with van der Waals surface area (Å²) < 4.78 is 5.38. The van der Waals surface area contributed by atoms with Gasteiger partial charge in [0.15, 0.2) is 5.43 Å². The summed E-state index contributed by atoms with van der Waals surface area (Å²) in [6.45, 7) is 3.39. The van der Waals surface area contributed by atoms with E-state index < -0.39 is 0 Å². The molecule has 1 amide bonds. The summed E-state index contributed by atoms with van der Waals surface area (Å²) in [5, 5.41) is 3.75. The molecule has 30 heavy (non-hydrogen) atoms. The number of methoxy groups -OCH3 is 1. The predicted molar refractivity (Wildman–Crippen MR) is 120 cm³/mol. The van der Waals surface area contributed by atoms with Gasteiger partial charge < -0.3 is 15.0 Å². The summed E-state index contributed by atoms with van der Waals surface area (Å²) in [5.41, 5.74) is 4.04. The van der Waals surface area contributed by atoms with E-state index in [2.05, 4.69) is 17.2 Å². The molecule has 156 valence electrons. The van der Waals surface area contributed by atoms with Gasteiger partial charge in [0.05, 0.1) is 29.6 Å². The lowest BCUT2D eigenvalue weighted by Gasteiger charge is -2.28. The highest BCUT2D eigenvalue weighted by Crippen LogP contribution is 2.30. The molecule has 2 aromatic carbocycles. The number of anilines is 1. The molecule has 4 rings (SSSR count). The maximum atomic E-state index is 13.2. The highest BCUT2D eigenvalue weighted by molar-refractivity contribution is 6.35. The Morgan fingerprint density at radius 1 is 1.23 bits per heavy atom. The van der Waals surface area contributed by atoms with E-state index in [4.69, 9.17) is 16.3 Å². The van der Waals surface area contributed by atoms with Crippen molar-refractivity contribution < 1.29 is 9.53 Å². The molecule has 3 aromatic rings. The van der Waals surface area contributed by atoms with Gasteiger partial charge in [-0.2, -0.15) is 0 Å². The third-order valence-corrected chi connectivity index (χ3v) is 5.87. The van der Waals surface area contributed by atoms with E-state index in [0.29, 0.717) is 46.7 Å². The Morgan fingerprint density at radius 3 is 2.70 bits per heavy atom. The number of nitrogens with zero attached hydrogens (tertiary/aromatic N) is 1. The van der Waals surface area contributed by atoms with Gasteiger partial charge in [0, 0.05) is 36.5 Å². The van der Waals surface area contributed by atoms with E-state index in [1.54, 1.807) is 19.2 Å². The van der Waals surface area contributed by atoms with Crippen molar-refractivity contribution in [3.8, 4) is 5.75 Å². The van der Waals surface area contributed by atoms with Crippen LogP contribution in [0.15, 0.2) is 41.2 Å². The average Bonchev–Trinajstić information content (AvgIpc) is 2.75. The minimum atomic E-state index is -0.108. The fraction of sp³-hybridized carbons (Fsp3) is 0.304. The van der Waals surface area contributed by atoms with Crippen LogP contribution < -0.4 is 15.5 Å². The number of halogens is 1. The van der Waals surface area contributed by atoms with Gasteiger partial charge in [-0.1, -0.05) is 30.7 Å². The smallest absolute Gasteiger partial charge is 0.238 e. The van der Waals surface area contributed by atoms with Crippen molar-refractivity contribution in [2.24, 2.45) is 0 Å². The molecular weight excluding hydrogens is 402 g/mol. The lowest BCUT2D eigenvalue weighted by atomic mass is 10.0. The van der Waals surface area contributed by atoms with Crippen molar-refractivity contribution in [3.63, 3.8) is 0 Å². The normalized spacial score (nSPS) is 13.8. The Labute approximate surface area is 179 Å². The maximum absolute atomic E-state index is 13.2. The van der Waals surface area contributed by atoms with Gasteiger partial charge >= 0.3 is 0 Å². The molecule has 0 saturated heterocycles. The maximum Gasteiger partial charge on any atom is 0.238 e. The summed E-state index contributed by atoms with van der Waals surface area (Å²) >= 11 is 6.31. The first-order valence-corrected chi connectivity index (χ1v) is 10.4. The molecule has 7 heteroatoms. The lowest BCUT2D eigenvalue weighted by molar-refractivity contribution is -0.117. The van der Waals surface area contributed by atoms with Crippen LogP contribution in [-0.2, 0) is 24.2 Å². The number of ether oxygens (including phenoxy) is 1. The molecule has 0 fully saturated rings. The summed E-state index contributed by atoms with van der Waals surface area (Å²) in [5.74, 6) is 0.491. The van der Waals surface area contributed by atoms with Gasteiger partial charge in [0.25, 0.3) is 0 Å². The Kier molecular flexibility index (Phi) is 5.79. The molecule has 0 unspecified atom stereocenters. The number of hydrogen-bond acceptors (Lipinski definition) is 4. The van der Waals surface area contributed by atoms with E-state index >= 15 is 0 Å². The number of aromatic amines is 1. The van der Waals surface area contributed by atoms with E-state index in [9.17, 15) is 9.59 Å². The third kappa shape index (κ3) is 3.93. The molecule has 0 radical (unpaired) electrons. The van der Waals surface area contributed by atoms with E-state index in [1.165, 1.54) is 5.56 Å². The summed E-state index contributed by atoms with van der Waals surface area (Å²) in [7, 11) is 1.57. The van der Waals surface area contributed by atoms with Crippen LogP contribution in [-0.4, -0.2) is 36.0 Å². The van der Waals surface area contributed by atoms with Crippen molar-refractivity contribution >= 4 is 34.1 Å². The van der Waals surface area contributed by atoms with E-state index in [1.807, 2.05) is 29.2 Å². The standard InChI is InChI=1S/C23H24ClN3O3/c1-3-14-4-6-15(7-5-14)25-20(28)13-27-11-10-18-16(12-27)23(29)21-17(24)8-9-19(30-2)22(21)26-18/h4-9H,3,10-13H2,1-2H3,(H,25,28)(H,26,29). The second-order valence-corrected chi connectivity index (χ2v) is 7.88. The number of benzene rings is 2. The Morgan fingerprint density at radius 2 is 2.00 bits per heavy atom. The second kappa shape index (κ2) is 8.50. The molecule has 2 heterocycles. The number of aromatic nitrogens is 1. The molecule has 0 spiro atoms. The van der Waals surface area contributed by atoms with Gasteiger partial charge in [0.2, 0.25) is 5.91 Å². The number of pyridine rings is 1. The monoisotopic (exact) mass is 425 g/mol. The molecule has 0 aliphatic carbocycles. The van der Waals surface area contributed by atoms with Crippen molar-refractivity contribution in [2.45, 2.75) is 26.3 Å². The molecule has 0 atom stereocenters. The van der Waals surface area contributed by atoms with Crippen molar-refractivity contribution in [2.75, 3.05) is 25.5 Å². The minimum Gasteiger partial charge on any atom is -0.495 e. The van der Waals surface area contributed by atoms with Crippen LogP contribution >= 0.6 is 11.6 Å². The van der Waals surface area contributed by atoms with Crippen LogP contribution in [0.5, 0.6) is 5.75 Å². The fourth-order valence-electron chi connectivity index (χ4n) is 3.90. The number of rotatable bonds is 5. The second-order valence-electron chi connectivity index (χ2n) is 7.47. The van der Waals surface area contributed by atoms with Crippen LogP contribution in [0, 0.1) is 0 Å². The number of fused-ring (bicyclic) bond motifs is 2. The van der Waals surface area contributed by atoms with Crippen LogP contribution in [0.25, 0.3) is 10.9 Å². The molecule has 6 nitrogen and oxygen atoms in total. The molecule has 1 aromatic heterocycles. The van der Waals surface area contributed by atoms with Gasteiger partial charge in [-0.25, -0.2) is 0 Å². The topological polar surface area (TPSA) is 74.4 Å². The third-order valence-electron chi connectivity index (χ3n) is 5.55. The minimum absolute atomic E-state index is 0.0976. The number of aryl methyl sites for hydroxylation is 1. The summed E-state index contributed by atoms with van der Waals surface area (Å²) in [6, 6.07) is 11.3. The van der Waals surface area contributed by atoms with Crippen molar-refractivity contribution in [1.82, 2.24) is 9.88 Å². The SMILES string of the molecule is CCc1ccc(NC(=O)CN2CCc3[nH]c4c(OC)ccc(Cl)c4c(=O)c3C2)cc1. The highest BCUT2D eigenvalue weighted by Gasteiger charge is 2.24. The first-order valence-electron chi connectivity index (χ1n) is 10.0. The molecule has 2 N–H and O–H groups in total. The summed E-state index contributed by atoms with van der Waals surface area (Å²) in [6.07, 6.45) is 1.61. The van der Waals surface area contributed by atoms with Crippen LogP contribution in [0.2, 0.25) is 5.02 Å². The van der Waals surface area contributed by atoms with Crippen molar-refractivity contribution in [1.29, 1.82) is 0 Å². The van der Waals surface area contributed by atoms with Crippen molar-refractivity contribution in [3.05, 3.63) is 68.5 Å². The van der Waals surface area contributed by atoms with Crippen LogP contribution in [0.1, 0.15) is 23.7 Å². The Balaban J connectivity index is 1.53.